The third-order valence-corrected chi connectivity index (χ3v) is 2.71. The van der Waals surface area contributed by atoms with Crippen LogP contribution in [-0.2, 0) is 17.8 Å². The van der Waals surface area contributed by atoms with Crippen LogP contribution in [0.1, 0.15) is 11.4 Å². The molecule has 1 N–H and O–H groups in total. The van der Waals surface area contributed by atoms with E-state index in [4.69, 9.17) is 16.3 Å². The lowest BCUT2D eigenvalue weighted by atomic mass is 10.2. The van der Waals surface area contributed by atoms with Crippen LogP contribution in [0.4, 0.5) is 4.79 Å². The van der Waals surface area contributed by atoms with Crippen LogP contribution >= 0.6 is 11.6 Å². The number of halogens is 1. The van der Waals surface area contributed by atoms with Crippen molar-refractivity contribution in [1.29, 1.82) is 0 Å². The monoisotopic (exact) mass is 291 g/mol. The van der Waals surface area contributed by atoms with Crippen LogP contribution in [0.25, 0.3) is 0 Å². The summed E-state index contributed by atoms with van der Waals surface area (Å²) in [5.74, 6) is 0.584. The molecule has 0 radical (unpaired) electrons. The van der Waals surface area contributed by atoms with E-state index in [-0.39, 0.29) is 6.61 Å². The summed E-state index contributed by atoms with van der Waals surface area (Å²) < 4.78 is 5.07. The van der Waals surface area contributed by atoms with Gasteiger partial charge in [-0.3, -0.25) is 0 Å². The number of carbonyl (C=O) groups excluding carboxylic acids is 1. The van der Waals surface area contributed by atoms with Crippen molar-refractivity contribution in [2.45, 2.75) is 13.0 Å². The van der Waals surface area contributed by atoms with Crippen molar-refractivity contribution in [1.82, 2.24) is 15.3 Å². The molecule has 0 aliphatic heterocycles. The molecular weight excluding hydrogens is 278 g/mol. The maximum atomic E-state index is 11.5. The molecule has 0 aliphatic carbocycles. The average Bonchev–Trinajstić information content (AvgIpc) is 2.46. The number of ether oxygens (including phenoxy) is 1. The van der Waals surface area contributed by atoms with Gasteiger partial charge in [0.05, 0.1) is 0 Å². The molecule has 1 heterocycles. The van der Waals surface area contributed by atoms with Crippen LogP contribution in [0.15, 0.2) is 42.6 Å². The van der Waals surface area contributed by atoms with E-state index in [1.165, 1.54) is 0 Å². The Kier molecular flexibility index (Phi) is 5.32. The molecule has 2 aromatic rings. The quantitative estimate of drug-likeness (QED) is 0.860. The van der Waals surface area contributed by atoms with Gasteiger partial charge in [-0.2, -0.15) is 0 Å². The van der Waals surface area contributed by atoms with Crippen molar-refractivity contribution in [2.24, 2.45) is 0 Å². The second kappa shape index (κ2) is 7.45. The Morgan fingerprint density at radius 2 is 2.05 bits per heavy atom. The van der Waals surface area contributed by atoms with Gasteiger partial charge < -0.3 is 10.1 Å². The first-order valence-corrected chi connectivity index (χ1v) is 6.54. The van der Waals surface area contributed by atoms with E-state index in [0.29, 0.717) is 23.9 Å². The highest BCUT2D eigenvalue weighted by molar-refractivity contribution is 6.29. The molecule has 0 bridgehead atoms. The Hall–Kier alpha value is -2.14. The van der Waals surface area contributed by atoms with Crippen LogP contribution in [0.2, 0.25) is 5.15 Å². The maximum Gasteiger partial charge on any atom is 0.407 e. The lowest BCUT2D eigenvalue weighted by Gasteiger charge is -2.06. The Bertz CT molecular complexity index is 563. The molecule has 104 valence electrons. The molecule has 2 rings (SSSR count). The fourth-order valence-corrected chi connectivity index (χ4v) is 1.70. The lowest BCUT2D eigenvalue weighted by molar-refractivity contribution is 0.140. The van der Waals surface area contributed by atoms with Crippen molar-refractivity contribution >= 4 is 17.7 Å². The highest BCUT2D eigenvalue weighted by atomic mass is 35.5. The molecule has 1 aromatic heterocycles. The summed E-state index contributed by atoms with van der Waals surface area (Å²) in [4.78, 5) is 19.5. The molecule has 20 heavy (non-hydrogen) atoms. The predicted octanol–water partition coefficient (Wildman–Crippen LogP) is 2.60. The van der Waals surface area contributed by atoms with Crippen LogP contribution in [-0.4, -0.2) is 22.6 Å². The summed E-state index contributed by atoms with van der Waals surface area (Å²) in [5, 5.41) is 3.03. The van der Waals surface area contributed by atoms with Crippen LogP contribution in [0, 0.1) is 0 Å². The number of alkyl carbamates (subject to hydrolysis) is 1. The van der Waals surface area contributed by atoms with E-state index in [2.05, 4.69) is 15.3 Å². The zero-order chi connectivity index (χ0) is 14.2. The highest BCUT2D eigenvalue weighted by Crippen LogP contribution is 2.02. The van der Waals surface area contributed by atoms with Crippen LogP contribution in [0.5, 0.6) is 0 Å². The van der Waals surface area contributed by atoms with Crippen molar-refractivity contribution in [2.75, 3.05) is 6.54 Å². The van der Waals surface area contributed by atoms with Crippen molar-refractivity contribution < 1.29 is 9.53 Å². The summed E-state index contributed by atoms with van der Waals surface area (Å²) in [5.41, 5.74) is 0.945. The molecule has 1 amide bonds. The van der Waals surface area contributed by atoms with Gasteiger partial charge in [-0.15, -0.1) is 0 Å². The van der Waals surface area contributed by atoms with E-state index in [1.54, 1.807) is 12.3 Å². The third-order valence-electron chi connectivity index (χ3n) is 2.50. The number of nitrogens with one attached hydrogen (secondary N) is 1. The molecule has 0 aliphatic rings. The standard InChI is InChI=1S/C14H14ClN3O2/c15-12-6-8-16-13(18-12)7-9-17-14(19)20-10-11-4-2-1-3-5-11/h1-6,8H,7,9-10H2,(H,17,19). The summed E-state index contributed by atoms with van der Waals surface area (Å²) in [7, 11) is 0. The van der Waals surface area contributed by atoms with Crippen LogP contribution in [0.3, 0.4) is 0 Å². The van der Waals surface area contributed by atoms with Gasteiger partial charge in [-0.1, -0.05) is 41.9 Å². The first kappa shape index (κ1) is 14.3. The largest absolute Gasteiger partial charge is 0.445 e. The van der Waals surface area contributed by atoms with E-state index < -0.39 is 6.09 Å². The zero-order valence-corrected chi connectivity index (χ0v) is 11.5. The van der Waals surface area contributed by atoms with Gasteiger partial charge in [0, 0.05) is 19.2 Å². The smallest absolute Gasteiger partial charge is 0.407 e. The molecule has 5 nitrogen and oxygen atoms in total. The van der Waals surface area contributed by atoms with E-state index in [0.717, 1.165) is 5.56 Å². The van der Waals surface area contributed by atoms with Gasteiger partial charge in [0.1, 0.15) is 17.6 Å². The fourth-order valence-electron chi connectivity index (χ4n) is 1.55. The van der Waals surface area contributed by atoms with Gasteiger partial charge in [0.15, 0.2) is 0 Å². The summed E-state index contributed by atoms with van der Waals surface area (Å²) in [6.45, 7) is 0.647. The van der Waals surface area contributed by atoms with E-state index in [9.17, 15) is 4.79 Å². The van der Waals surface area contributed by atoms with Gasteiger partial charge in [-0.25, -0.2) is 14.8 Å². The number of benzene rings is 1. The fraction of sp³-hybridized carbons (Fsp3) is 0.214. The Labute approximate surface area is 122 Å². The minimum absolute atomic E-state index is 0.250. The molecular formula is C14H14ClN3O2. The minimum Gasteiger partial charge on any atom is -0.445 e. The first-order chi connectivity index (χ1) is 9.74. The molecule has 1 aromatic carbocycles. The van der Waals surface area contributed by atoms with Crippen molar-refractivity contribution in [3.05, 3.63) is 59.1 Å². The highest BCUT2D eigenvalue weighted by Gasteiger charge is 2.03. The van der Waals surface area contributed by atoms with E-state index in [1.807, 2.05) is 30.3 Å². The molecule has 0 atom stereocenters. The number of hydrogen-bond acceptors (Lipinski definition) is 4. The number of nitrogens with zero attached hydrogens (tertiary/aromatic N) is 2. The van der Waals surface area contributed by atoms with Crippen molar-refractivity contribution in [3.8, 4) is 0 Å². The summed E-state index contributed by atoms with van der Waals surface area (Å²) in [6.07, 6.45) is 1.62. The maximum absolute atomic E-state index is 11.5. The molecule has 6 heteroatoms. The Morgan fingerprint density at radius 3 is 2.80 bits per heavy atom. The second-order valence-electron chi connectivity index (χ2n) is 4.03. The summed E-state index contributed by atoms with van der Waals surface area (Å²) in [6, 6.07) is 11.1. The molecule has 0 fully saturated rings. The Balaban J connectivity index is 1.68. The molecule has 0 saturated heterocycles. The SMILES string of the molecule is O=C(NCCc1nccc(Cl)n1)OCc1ccccc1. The number of rotatable bonds is 5. The second-order valence-corrected chi connectivity index (χ2v) is 4.42. The predicted molar refractivity (Wildman–Crippen MR) is 75.4 cm³/mol. The van der Waals surface area contributed by atoms with Gasteiger partial charge in [0.25, 0.3) is 0 Å². The van der Waals surface area contributed by atoms with Gasteiger partial charge in [-0.05, 0) is 11.6 Å². The van der Waals surface area contributed by atoms with Gasteiger partial charge >= 0.3 is 6.09 Å². The first-order valence-electron chi connectivity index (χ1n) is 6.16. The number of amides is 1. The molecule has 0 unspecified atom stereocenters. The summed E-state index contributed by atoms with van der Waals surface area (Å²) >= 11 is 5.74. The zero-order valence-electron chi connectivity index (χ0n) is 10.8. The Morgan fingerprint density at radius 1 is 1.25 bits per heavy atom. The molecule has 0 spiro atoms. The van der Waals surface area contributed by atoms with E-state index >= 15 is 0 Å². The van der Waals surface area contributed by atoms with Gasteiger partial charge in [0.2, 0.25) is 0 Å². The third kappa shape index (κ3) is 4.85. The van der Waals surface area contributed by atoms with Crippen LogP contribution < -0.4 is 5.32 Å². The number of carbonyl (C=O) groups is 1. The molecule has 0 saturated carbocycles. The average molecular weight is 292 g/mol. The topological polar surface area (TPSA) is 64.1 Å². The number of aromatic nitrogens is 2. The minimum atomic E-state index is -0.462. The van der Waals surface area contributed by atoms with Crippen molar-refractivity contribution in [3.63, 3.8) is 0 Å². The lowest BCUT2D eigenvalue weighted by Crippen LogP contribution is -2.26. The normalized spacial score (nSPS) is 10.1. The number of hydrogen-bond donors (Lipinski definition) is 1.